The number of carbonyl (C=O) groups is 1. The summed E-state index contributed by atoms with van der Waals surface area (Å²) in [6.45, 7) is 3.86. The highest BCUT2D eigenvalue weighted by Crippen LogP contribution is 2.46. The Morgan fingerprint density at radius 3 is 2.81 bits per heavy atom. The molecule has 16 heavy (non-hydrogen) atoms. The predicted octanol–water partition coefficient (Wildman–Crippen LogP) is 0.597. The zero-order chi connectivity index (χ0) is 11.2. The third-order valence-corrected chi connectivity index (χ3v) is 4.25. The largest absolute Gasteiger partial charge is 0.338 e. The number of hydrogen-bond acceptors (Lipinski definition) is 3. The van der Waals surface area contributed by atoms with Crippen molar-refractivity contribution in [3.05, 3.63) is 0 Å². The maximum Gasteiger partial charge on any atom is 0.243 e. The number of amides is 1. The van der Waals surface area contributed by atoms with Crippen molar-refractivity contribution in [3.63, 3.8) is 0 Å². The summed E-state index contributed by atoms with van der Waals surface area (Å²) in [7, 11) is 0. The number of fused-ring (bicyclic) bond motifs is 1. The fourth-order valence-electron chi connectivity index (χ4n) is 2.98. The number of carbonyl (C=O) groups excluding carboxylic acids is 1. The van der Waals surface area contributed by atoms with Gasteiger partial charge >= 0.3 is 0 Å². The molecular formula is C12H17N3O. The maximum absolute atomic E-state index is 12.2. The van der Waals surface area contributed by atoms with Crippen molar-refractivity contribution in [1.82, 2.24) is 9.80 Å². The molecule has 3 aliphatic rings. The number of nitriles is 1. The molecule has 3 rings (SSSR count). The molecule has 0 aromatic carbocycles. The molecular weight excluding hydrogens is 202 g/mol. The summed E-state index contributed by atoms with van der Waals surface area (Å²) in [4.78, 5) is 16.6. The van der Waals surface area contributed by atoms with Crippen molar-refractivity contribution in [1.29, 1.82) is 5.26 Å². The van der Waals surface area contributed by atoms with Crippen molar-refractivity contribution in [3.8, 4) is 6.07 Å². The van der Waals surface area contributed by atoms with Gasteiger partial charge in [0.25, 0.3) is 0 Å². The van der Waals surface area contributed by atoms with Gasteiger partial charge in [0.05, 0.1) is 6.07 Å². The molecule has 1 unspecified atom stereocenters. The standard InChI is InChI=1S/C12H17N3O/c13-9-12(3-4-12)11(16)15-7-6-14-5-1-2-10(14)8-15/h10H,1-8H2. The molecule has 0 bridgehead atoms. The first-order chi connectivity index (χ1) is 7.75. The van der Waals surface area contributed by atoms with E-state index in [0.717, 1.165) is 32.5 Å². The van der Waals surface area contributed by atoms with Gasteiger partial charge in [-0.25, -0.2) is 0 Å². The van der Waals surface area contributed by atoms with Crippen molar-refractivity contribution in [2.45, 2.75) is 31.7 Å². The number of rotatable bonds is 1. The first kappa shape index (κ1) is 10.1. The Labute approximate surface area is 95.8 Å². The molecule has 1 atom stereocenters. The Bertz CT molecular complexity index is 356. The van der Waals surface area contributed by atoms with Crippen LogP contribution in [0.4, 0.5) is 0 Å². The smallest absolute Gasteiger partial charge is 0.243 e. The summed E-state index contributed by atoms with van der Waals surface area (Å²) in [5.41, 5.74) is -0.624. The Hall–Kier alpha value is -1.08. The molecule has 4 heteroatoms. The lowest BCUT2D eigenvalue weighted by molar-refractivity contribution is -0.137. The lowest BCUT2D eigenvalue weighted by atomic mass is 10.1. The second kappa shape index (κ2) is 3.46. The minimum atomic E-state index is -0.624. The summed E-state index contributed by atoms with van der Waals surface area (Å²) >= 11 is 0. The van der Waals surface area contributed by atoms with Crippen molar-refractivity contribution >= 4 is 5.91 Å². The fraction of sp³-hybridized carbons (Fsp3) is 0.833. The third-order valence-electron chi connectivity index (χ3n) is 4.25. The molecule has 1 amide bonds. The van der Waals surface area contributed by atoms with E-state index in [0.29, 0.717) is 6.04 Å². The van der Waals surface area contributed by atoms with E-state index in [4.69, 9.17) is 5.26 Å². The highest BCUT2D eigenvalue weighted by atomic mass is 16.2. The van der Waals surface area contributed by atoms with E-state index in [2.05, 4.69) is 11.0 Å². The van der Waals surface area contributed by atoms with Crippen LogP contribution in [0.25, 0.3) is 0 Å². The van der Waals surface area contributed by atoms with Crippen molar-refractivity contribution in [2.24, 2.45) is 5.41 Å². The quantitative estimate of drug-likeness (QED) is 0.648. The minimum Gasteiger partial charge on any atom is -0.338 e. The van der Waals surface area contributed by atoms with Gasteiger partial charge in [-0.15, -0.1) is 0 Å². The van der Waals surface area contributed by atoms with Crippen LogP contribution < -0.4 is 0 Å². The molecule has 2 heterocycles. The Morgan fingerprint density at radius 1 is 1.31 bits per heavy atom. The lowest BCUT2D eigenvalue weighted by Gasteiger charge is -2.38. The van der Waals surface area contributed by atoms with Gasteiger partial charge in [0.1, 0.15) is 5.41 Å². The number of hydrogen-bond donors (Lipinski definition) is 0. The van der Waals surface area contributed by atoms with Gasteiger partial charge in [-0.05, 0) is 32.2 Å². The summed E-state index contributed by atoms with van der Waals surface area (Å²) < 4.78 is 0. The molecule has 2 aliphatic heterocycles. The van der Waals surface area contributed by atoms with E-state index < -0.39 is 5.41 Å². The molecule has 0 radical (unpaired) electrons. The molecule has 1 aliphatic carbocycles. The predicted molar refractivity (Wildman–Crippen MR) is 58.5 cm³/mol. The van der Waals surface area contributed by atoms with Crippen LogP contribution in [0.15, 0.2) is 0 Å². The molecule has 1 saturated carbocycles. The second-order valence-corrected chi connectivity index (χ2v) is 5.28. The van der Waals surface area contributed by atoms with Crippen LogP contribution in [0.1, 0.15) is 25.7 Å². The first-order valence-corrected chi connectivity index (χ1v) is 6.20. The van der Waals surface area contributed by atoms with E-state index in [1.54, 1.807) is 0 Å². The molecule has 0 aromatic heterocycles. The highest BCUT2D eigenvalue weighted by Gasteiger charge is 2.53. The topological polar surface area (TPSA) is 47.3 Å². The second-order valence-electron chi connectivity index (χ2n) is 5.28. The van der Waals surface area contributed by atoms with Crippen LogP contribution in [0, 0.1) is 16.7 Å². The summed E-state index contributed by atoms with van der Waals surface area (Å²) in [5.74, 6) is 0.0987. The van der Waals surface area contributed by atoms with Gasteiger partial charge in [0, 0.05) is 25.7 Å². The molecule has 4 nitrogen and oxygen atoms in total. The molecule has 0 aromatic rings. The van der Waals surface area contributed by atoms with E-state index in [-0.39, 0.29) is 5.91 Å². The van der Waals surface area contributed by atoms with Crippen LogP contribution in [0.3, 0.4) is 0 Å². The van der Waals surface area contributed by atoms with Crippen LogP contribution >= 0.6 is 0 Å². The highest BCUT2D eigenvalue weighted by molar-refractivity contribution is 5.88. The van der Waals surface area contributed by atoms with Crippen LogP contribution in [-0.4, -0.2) is 47.9 Å². The van der Waals surface area contributed by atoms with E-state index in [9.17, 15) is 4.79 Å². The number of piperazine rings is 1. The molecule has 86 valence electrons. The van der Waals surface area contributed by atoms with E-state index in [1.807, 2.05) is 4.90 Å². The lowest BCUT2D eigenvalue weighted by Crippen LogP contribution is -2.53. The summed E-state index contributed by atoms with van der Waals surface area (Å²) in [6, 6.07) is 2.77. The minimum absolute atomic E-state index is 0.0987. The summed E-state index contributed by atoms with van der Waals surface area (Å²) in [5, 5.41) is 9.04. The first-order valence-electron chi connectivity index (χ1n) is 6.20. The Kier molecular flexibility index (Phi) is 2.18. The Balaban J connectivity index is 1.68. The van der Waals surface area contributed by atoms with Gasteiger partial charge in [0.15, 0.2) is 0 Å². The fourth-order valence-corrected chi connectivity index (χ4v) is 2.98. The van der Waals surface area contributed by atoms with Crippen LogP contribution in [-0.2, 0) is 4.79 Å². The van der Waals surface area contributed by atoms with E-state index in [1.165, 1.54) is 19.4 Å². The average Bonchev–Trinajstić information content (AvgIpc) is 2.98. The van der Waals surface area contributed by atoms with Crippen molar-refractivity contribution in [2.75, 3.05) is 26.2 Å². The van der Waals surface area contributed by atoms with E-state index >= 15 is 0 Å². The molecule has 3 fully saturated rings. The number of nitrogens with zero attached hydrogens (tertiary/aromatic N) is 3. The third kappa shape index (κ3) is 1.42. The normalized spacial score (nSPS) is 31.9. The molecule has 0 spiro atoms. The van der Waals surface area contributed by atoms with Gasteiger partial charge in [-0.1, -0.05) is 0 Å². The van der Waals surface area contributed by atoms with Crippen LogP contribution in [0.2, 0.25) is 0 Å². The molecule has 0 N–H and O–H groups in total. The van der Waals surface area contributed by atoms with Gasteiger partial charge < -0.3 is 4.90 Å². The Morgan fingerprint density at radius 2 is 2.12 bits per heavy atom. The zero-order valence-electron chi connectivity index (χ0n) is 9.48. The maximum atomic E-state index is 12.2. The monoisotopic (exact) mass is 219 g/mol. The van der Waals surface area contributed by atoms with Crippen molar-refractivity contribution < 1.29 is 4.79 Å². The SMILES string of the molecule is N#CC1(C(=O)N2CCN3CCCC3C2)CC1. The molecule has 2 saturated heterocycles. The van der Waals surface area contributed by atoms with Gasteiger partial charge in [0.2, 0.25) is 5.91 Å². The summed E-state index contributed by atoms with van der Waals surface area (Å²) in [6.07, 6.45) is 4.01. The average molecular weight is 219 g/mol. The van der Waals surface area contributed by atoms with Crippen LogP contribution in [0.5, 0.6) is 0 Å². The van der Waals surface area contributed by atoms with Gasteiger partial charge in [-0.2, -0.15) is 5.26 Å². The zero-order valence-corrected chi connectivity index (χ0v) is 9.48. The van der Waals surface area contributed by atoms with Gasteiger partial charge in [-0.3, -0.25) is 9.69 Å².